The molecule has 2 aromatic rings. The number of carbonyl (C=O) groups is 1. The number of hydrogen-bond donors (Lipinski definition) is 1. The summed E-state index contributed by atoms with van der Waals surface area (Å²) in [6.07, 6.45) is 9.74. The summed E-state index contributed by atoms with van der Waals surface area (Å²) < 4.78 is 0. The Balaban J connectivity index is 1.49. The molecular weight excluding hydrogens is 390 g/mol. The molecule has 1 aliphatic heterocycles. The summed E-state index contributed by atoms with van der Waals surface area (Å²) in [5.41, 5.74) is 2.21. The Hall–Kier alpha value is -2.27. The maximum Gasteiger partial charge on any atom is 0.221 e. The normalized spacial score (nSPS) is 21.7. The molecule has 1 heterocycles. The minimum absolute atomic E-state index is 0.0223. The number of likely N-dealkylation sites (N-methyl/N-ethyl adjacent to an activating group) is 1. The highest BCUT2D eigenvalue weighted by Crippen LogP contribution is 2.34. The molecule has 1 fully saturated rings. The van der Waals surface area contributed by atoms with E-state index in [-0.39, 0.29) is 17.4 Å². The van der Waals surface area contributed by atoms with Gasteiger partial charge in [-0.1, -0.05) is 80.3 Å². The molecule has 0 aromatic heterocycles. The van der Waals surface area contributed by atoms with Crippen molar-refractivity contribution in [2.24, 2.45) is 10.9 Å². The van der Waals surface area contributed by atoms with E-state index < -0.39 is 0 Å². The molecule has 1 saturated carbocycles. The number of carbonyl (C=O) groups excluding carboxylic acids is 1. The number of aliphatic imine (C=N–C) groups is 1. The highest BCUT2D eigenvalue weighted by atomic mass is 32.2. The zero-order chi connectivity index (χ0) is 20.8. The Morgan fingerprint density at radius 1 is 1.07 bits per heavy atom. The lowest BCUT2D eigenvalue weighted by atomic mass is 9.86. The van der Waals surface area contributed by atoms with Crippen LogP contribution in [0.3, 0.4) is 0 Å². The standard InChI is InChI=1S/C25H31N3OS/c1-28-22-15-9-8-12-20(22)18-26-24(25(28)30-21-13-6-3-7-14-21)27-23(29)17-16-19-10-4-2-5-11-19/h3,6-9,12-15,18-19,24-25H,2,4-5,10-11,16-17H2,1H3,(H,27,29). The first-order chi connectivity index (χ1) is 14.7. The lowest BCUT2D eigenvalue weighted by Crippen LogP contribution is -2.47. The third-order valence-electron chi connectivity index (χ3n) is 6.16. The van der Waals surface area contributed by atoms with Crippen LogP contribution in [-0.4, -0.2) is 30.7 Å². The monoisotopic (exact) mass is 421 g/mol. The predicted molar refractivity (Wildman–Crippen MR) is 126 cm³/mol. The number of para-hydroxylation sites is 1. The van der Waals surface area contributed by atoms with Crippen molar-refractivity contribution in [3.63, 3.8) is 0 Å². The van der Waals surface area contributed by atoms with Gasteiger partial charge in [0.2, 0.25) is 5.91 Å². The van der Waals surface area contributed by atoms with Crippen molar-refractivity contribution in [2.75, 3.05) is 11.9 Å². The van der Waals surface area contributed by atoms with Gasteiger partial charge in [0.05, 0.1) is 0 Å². The first kappa shape index (κ1) is 21.0. The average molecular weight is 422 g/mol. The molecule has 1 aliphatic carbocycles. The Morgan fingerprint density at radius 3 is 2.60 bits per heavy atom. The smallest absolute Gasteiger partial charge is 0.221 e. The van der Waals surface area contributed by atoms with Crippen LogP contribution >= 0.6 is 11.8 Å². The number of benzodiazepines with no additional fused rings is 1. The maximum absolute atomic E-state index is 12.8. The van der Waals surface area contributed by atoms with E-state index in [0.29, 0.717) is 12.3 Å². The van der Waals surface area contributed by atoms with E-state index in [4.69, 9.17) is 4.99 Å². The van der Waals surface area contributed by atoms with E-state index in [1.54, 1.807) is 11.8 Å². The molecule has 30 heavy (non-hydrogen) atoms. The van der Waals surface area contributed by atoms with Crippen molar-refractivity contribution in [3.05, 3.63) is 60.2 Å². The lowest BCUT2D eigenvalue weighted by Gasteiger charge is -2.33. The molecule has 1 amide bonds. The molecule has 5 heteroatoms. The van der Waals surface area contributed by atoms with Crippen molar-refractivity contribution in [3.8, 4) is 0 Å². The van der Waals surface area contributed by atoms with E-state index in [1.807, 2.05) is 30.5 Å². The zero-order valence-electron chi connectivity index (χ0n) is 17.7. The first-order valence-corrected chi connectivity index (χ1v) is 11.9. The number of thioether (sulfide) groups is 1. The van der Waals surface area contributed by atoms with Crippen LogP contribution in [0.2, 0.25) is 0 Å². The molecule has 0 spiro atoms. The number of rotatable bonds is 6. The van der Waals surface area contributed by atoms with Crippen LogP contribution in [0.15, 0.2) is 64.5 Å². The van der Waals surface area contributed by atoms with Crippen LogP contribution in [-0.2, 0) is 4.79 Å². The summed E-state index contributed by atoms with van der Waals surface area (Å²) in [5.74, 6) is 0.823. The largest absolute Gasteiger partial charge is 0.358 e. The molecule has 4 rings (SSSR count). The quantitative estimate of drug-likeness (QED) is 0.672. The van der Waals surface area contributed by atoms with Gasteiger partial charge in [-0.3, -0.25) is 9.79 Å². The number of benzene rings is 2. The second-order valence-electron chi connectivity index (χ2n) is 8.32. The highest BCUT2D eigenvalue weighted by Gasteiger charge is 2.30. The van der Waals surface area contributed by atoms with Gasteiger partial charge in [0.15, 0.2) is 6.17 Å². The SMILES string of the molecule is CN1c2ccccc2C=NC(NC(=O)CCC2CCCCC2)C1Sc1ccccc1. The van der Waals surface area contributed by atoms with Gasteiger partial charge in [-0.15, -0.1) is 0 Å². The molecule has 4 nitrogen and oxygen atoms in total. The topological polar surface area (TPSA) is 44.7 Å². The minimum Gasteiger partial charge on any atom is -0.358 e. The fourth-order valence-corrected chi connectivity index (χ4v) is 5.57. The summed E-state index contributed by atoms with van der Waals surface area (Å²) in [5, 5.41) is 3.21. The zero-order valence-corrected chi connectivity index (χ0v) is 18.5. The Kier molecular flexibility index (Phi) is 7.11. The molecule has 0 radical (unpaired) electrons. The first-order valence-electron chi connectivity index (χ1n) is 11.1. The summed E-state index contributed by atoms with van der Waals surface area (Å²) >= 11 is 1.74. The summed E-state index contributed by atoms with van der Waals surface area (Å²) in [7, 11) is 2.09. The van der Waals surface area contributed by atoms with Crippen LogP contribution < -0.4 is 10.2 Å². The van der Waals surface area contributed by atoms with E-state index >= 15 is 0 Å². The van der Waals surface area contributed by atoms with Crippen LogP contribution in [0.5, 0.6) is 0 Å². The van der Waals surface area contributed by atoms with Gasteiger partial charge in [0.1, 0.15) is 5.37 Å². The van der Waals surface area contributed by atoms with E-state index in [0.717, 1.165) is 17.7 Å². The summed E-state index contributed by atoms with van der Waals surface area (Å²) in [6, 6.07) is 18.6. The summed E-state index contributed by atoms with van der Waals surface area (Å²) in [6.45, 7) is 0. The van der Waals surface area contributed by atoms with Gasteiger partial charge < -0.3 is 10.2 Å². The number of hydrogen-bond acceptors (Lipinski definition) is 4. The Labute approximate surface area is 184 Å². The minimum atomic E-state index is -0.300. The van der Waals surface area contributed by atoms with Crippen molar-refractivity contribution in [1.82, 2.24) is 5.32 Å². The third-order valence-corrected chi connectivity index (χ3v) is 7.52. The fraction of sp³-hybridized carbons (Fsp3) is 0.440. The van der Waals surface area contributed by atoms with E-state index in [1.165, 1.54) is 37.0 Å². The van der Waals surface area contributed by atoms with Crippen LogP contribution in [0, 0.1) is 5.92 Å². The highest BCUT2D eigenvalue weighted by molar-refractivity contribution is 8.00. The molecule has 2 atom stereocenters. The molecule has 0 saturated heterocycles. The van der Waals surface area contributed by atoms with Gasteiger partial charge in [0.25, 0.3) is 0 Å². The fourth-order valence-electron chi connectivity index (χ4n) is 4.44. The van der Waals surface area contributed by atoms with Crippen molar-refractivity contribution in [1.29, 1.82) is 0 Å². The molecule has 2 aliphatic rings. The van der Waals surface area contributed by atoms with Gasteiger partial charge in [-0.05, 0) is 30.5 Å². The molecular formula is C25H31N3OS. The predicted octanol–water partition coefficient (Wildman–Crippen LogP) is 5.48. The van der Waals surface area contributed by atoms with Crippen molar-refractivity contribution < 1.29 is 4.79 Å². The van der Waals surface area contributed by atoms with Crippen LogP contribution in [0.1, 0.15) is 50.5 Å². The van der Waals surface area contributed by atoms with E-state index in [9.17, 15) is 4.79 Å². The van der Waals surface area contributed by atoms with Crippen LogP contribution in [0.4, 0.5) is 5.69 Å². The third kappa shape index (κ3) is 5.25. The van der Waals surface area contributed by atoms with E-state index in [2.05, 4.69) is 47.6 Å². The number of nitrogens with zero attached hydrogens (tertiary/aromatic N) is 2. The second-order valence-corrected chi connectivity index (χ2v) is 9.51. The second kappa shape index (κ2) is 10.2. The molecule has 0 bridgehead atoms. The van der Waals surface area contributed by atoms with Gasteiger partial charge in [-0.2, -0.15) is 0 Å². The molecule has 2 aromatic carbocycles. The number of amides is 1. The van der Waals surface area contributed by atoms with Gasteiger partial charge >= 0.3 is 0 Å². The number of nitrogens with one attached hydrogen (secondary N) is 1. The summed E-state index contributed by atoms with van der Waals surface area (Å²) in [4.78, 5) is 21.1. The molecule has 1 N–H and O–H groups in total. The maximum atomic E-state index is 12.8. The Bertz CT molecular complexity index is 864. The van der Waals surface area contributed by atoms with Gasteiger partial charge in [-0.25, -0.2) is 0 Å². The number of fused-ring (bicyclic) bond motifs is 1. The lowest BCUT2D eigenvalue weighted by molar-refractivity contribution is -0.122. The Morgan fingerprint density at radius 2 is 1.80 bits per heavy atom. The average Bonchev–Trinajstić information content (AvgIpc) is 2.92. The van der Waals surface area contributed by atoms with Gasteiger partial charge in [0, 0.05) is 35.8 Å². The van der Waals surface area contributed by atoms with Crippen LogP contribution in [0.25, 0.3) is 0 Å². The molecule has 2 unspecified atom stereocenters. The molecule has 158 valence electrons. The van der Waals surface area contributed by atoms with Crippen molar-refractivity contribution in [2.45, 2.75) is 61.4 Å². The number of anilines is 1. The van der Waals surface area contributed by atoms with Crippen molar-refractivity contribution >= 4 is 29.6 Å².